The Morgan fingerprint density at radius 2 is 1.59 bits per heavy atom. The molecule has 37 heavy (non-hydrogen) atoms. The first-order valence-electron chi connectivity index (χ1n) is 13.3. The van der Waals surface area contributed by atoms with Crippen LogP contribution in [-0.2, 0) is 0 Å². The third-order valence-electron chi connectivity index (χ3n) is 7.73. The van der Waals surface area contributed by atoms with Crippen molar-refractivity contribution >= 4 is 36.0 Å². The summed E-state index contributed by atoms with van der Waals surface area (Å²) in [6.07, 6.45) is 14.1. The number of urea groups is 1. The van der Waals surface area contributed by atoms with E-state index in [-0.39, 0.29) is 24.2 Å². The molecule has 5 rings (SSSR count). The van der Waals surface area contributed by atoms with Gasteiger partial charge < -0.3 is 32.1 Å². The molecule has 0 unspecified atom stereocenters. The van der Waals surface area contributed by atoms with Gasteiger partial charge >= 0.3 is 6.03 Å². The van der Waals surface area contributed by atoms with E-state index in [9.17, 15) is 4.79 Å². The molecule has 11 heteroatoms. The van der Waals surface area contributed by atoms with Crippen molar-refractivity contribution in [3.05, 3.63) is 35.2 Å². The van der Waals surface area contributed by atoms with E-state index in [0.717, 1.165) is 42.6 Å². The molecule has 3 aliphatic carbocycles. The van der Waals surface area contributed by atoms with Crippen molar-refractivity contribution in [2.45, 2.75) is 88.3 Å². The normalized spacial score (nSPS) is 24.1. The predicted octanol–water partition coefficient (Wildman–Crippen LogP) is 4.38. The molecule has 0 radical (unpaired) electrons. The Hall–Kier alpha value is -3.76. The number of aromatic nitrogens is 4. The minimum absolute atomic E-state index is 0.0555. The number of hydrogen-bond acceptors (Lipinski definition) is 8. The molecule has 2 amide bonds. The zero-order valence-electron chi connectivity index (χ0n) is 21.0. The van der Waals surface area contributed by atoms with Crippen molar-refractivity contribution in [2.75, 3.05) is 10.6 Å². The Morgan fingerprint density at radius 3 is 2.30 bits per heavy atom. The van der Waals surface area contributed by atoms with Crippen LogP contribution in [0.3, 0.4) is 0 Å². The van der Waals surface area contributed by atoms with E-state index in [4.69, 9.17) is 10.8 Å². The summed E-state index contributed by atoms with van der Waals surface area (Å²) in [5.41, 5.74) is 2.84. The quantitative estimate of drug-likeness (QED) is 0.250. The number of rotatable bonds is 9. The lowest BCUT2D eigenvalue weighted by molar-refractivity contribution is 0.228. The molecule has 196 valence electrons. The van der Waals surface area contributed by atoms with E-state index in [0.29, 0.717) is 30.5 Å². The average molecular weight is 505 g/mol. The Morgan fingerprint density at radius 1 is 0.919 bits per heavy atom. The summed E-state index contributed by atoms with van der Waals surface area (Å²) < 4.78 is 0. The van der Waals surface area contributed by atoms with Crippen molar-refractivity contribution in [1.29, 1.82) is 10.8 Å². The highest BCUT2D eigenvalue weighted by Gasteiger charge is 2.26. The third kappa shape index (κ3) is 6.33. The van der Waals surface area contributed by atoms with Crippen LogP contribution in [0.15, 0.2) is 29.5 Å². The Bertz CT molecular complexity index is 1120. The molecule has 0 aliphatic heterocycles. The molecule has 0 spiro atoms. The number of carbonyl (C=O) groups excluding carboxylic acids is 1. The lowest BCUT2D eigenvalue weighted by Crippen LogP contribution is -2.47. The number of nitrogens with one attached hydrogen (secondary N) is 7. The van der Waals surface area contributed by atoms with Crippen LogP contribution in [-0.4, -0.2) is 56.8 Å². The zero-order valence-corrected chi connectivity index (χ0v) is 21.0. The van der Waals surface area contributed by atoms with Crippen LogP contribution < -0.4 is 21.3 Å². The number of hydrogen-bond donors (Lipinski definition) is 7. The highest BCUT2D eigenvalue weighted by Crippen LogP contribution is 2.34. The van der Waals surface area contributed by atoms with Crippen LogP contribution in [0, 0.1) is 10.8 Å². The van der Waals surface area contributed by atoms with Crippen molar-refractivity contribution in [3.8, 4) is 0 Å². The number of aromatic amines is 1. The van der Waals surface area contributed by atoms with Gasteiger partial charge in [0.15, 0.2) is 5.82 Å². The zero-order chi connectivity index (χ0) is 25.6. The van der Waals surface area contributed by atoms with E-state index in [1.807, 2.05) is 6.07 Å². The van der Waals surface area contributed by atoms with Crippen LogP contribution in [0.4, 0.5) is 22.4 Å². The fourth-order valence-electron chi connectivity index (χ4n) is 5.72. The maximum Gasteiger partial charge on any atom is 0.315 e. The lowest BCUT2D eigenvalue weighted by atomic mass is 9.91. The first-order valence-corrected chi connectivity index (χ1v) is 13.3. The van der Waals surface area contributed by atoms with E-state index in [1.54, 1.807) is 6.20 Å². The summed E-state index contributed by atoms with van der Waals surface area (Å²) in [4.78, 5) is 21.5. The van der Waals surface area contributed by atoms with Gasteiger partial charge in [0, 0.05) is 54.4 Å². The first-order chi connectivity index (χ1) is 18.1. The molecule has 11 nitrogen and oxygen atoms in total. The van der Waals surface area contributed by atoms with Gasteiger partial charge in [-0.3, -0.25) is 5.10 Å². The Kier molecular flexibility index (Phi) is 7.76. The van der Waals surface area contributed by atoms with Crippen molar-refractivity contribution in [2.24, 2.45) is 0 Å². The molecular weight excluding hydrogens is 468 g/mol. The molecule has 2 heterocycles. The van der Waals surface area contributed by atoms with Crippen LogP contribution in [0.1, 0.15) is 75.8 Å². The van der Waals surface area contributed by atoms with Gasteiger partial charge in [0.2, 0.25) is 5.95 Å². The van der Waals surface area contributed by atoms with Crippen LogP contribution in [0.5, 0.6) is 0 Å². The Labute approximate surface area is 216 Å². The summed E-state index contributed by atoms with van der Waals surface area (Å²) in [5, 5.41) is 35.3. The van der Waals surface area contributed by atoms with Crippen molar-refractivity contribution < 1.29 is 4.79 Å². The molecule has 0 atom stereocenters. The van der Waals surface area contributed by atoms with Gasteiger partial charge in [0.25, 0.3) is 0 Å². The number of nitrogens with zero attached hydrogens (tertiary/aromatic N) is 3. The Balaban J connectivity index is 1.05. The van der Waals surface area contributed by atoms with E-state index in [2.05, 4.69) is 47.5 Å². The predicted molar refractivity (Wildman–Crippen MR) is 144 cm³/mol. The second kappa shape index (κ2) is 11.5. The molecule has 2 fully saturated rings. The van der Waals surface area contributed by atoms with Gasteiger partial charge in [0.05, 0.1) is 0 Å². The van der Waals surface area contributed by atoms with Gasteiger partial charge in [-0.15, -0.1) is 0 Å². The van der Waals surface area contributed by atoms with E-state index >= 15 is 0 Å². The number of H-pyrrole nitrogens is 1. The summed E-state index contributed by atoms with van der Waals surface area (Å²) in [7, 11) is 0. The topological polar surface area (TPSA) is 167 Å². The highest BCUT2D eigenvalue weighted by molar-refractivity contribution is 5.90. The number of carbonyl (C=O) groups is 1. The summed E-state index contributed by atoms with van der Waals surface area (Å²) in [6.45, 7) is 0. The average Bonchev–Trinajstić information content (AvgIpc) is 3.66. The maximum absolute atomic E-state index is 12.5. The SMILES string of the molecule is N=CC1=C(C=N)CC(NC(=O)NC2CCC(Nc3nccc(Nc4cc(C5CCCC5)[nH]n4)n3)CC2)C1. The second-order valence-corrected chi connectivity index (χ2v) is 10.3. The minimum atomic E-state index is -0.173. The largest absolute Gasteiger partial charge is 0.351 e. The minimum Gasteiger partial charge on any atom is -0.351 e. The summed E-state index contributed by atoms with van der Waals surface area (Å²) in [6, 6.07) is 4.07. The van der Waals surface area contributed by atoms with Gasteiger partial charge in [0.1, 0.15) is 5.82 Å². The fraction of sp³-hybridized carbons (Fsp3) is 0.538. The molecule has 0 saturated heterocycles. The molecule has 0 aromatic carbocycles. The monoisotopic (exact) mass is 504 g/mol. The molecule has 7 N–H and O–H groups in total. The molecule has 2 saturated carbocycles. The van der Waals surface area contributed by atoms with Crippen molar-refractivity contribution in [1.82, 2.24) is 30.8 Å². The molecule has 0 bridgehead atoms. The second-order valence-electron chi connectivity index (χ2n) is 10.3. The highest BCUT2D eigenvalue weighted by atomic mass is 16.2. The molecular formula is C26H36N10O. The smallest absolute Gasteiger partial charge is 0.315 e. The molecule has 2 aromatic rings. The van der Waals surface area contributed by atoms with E-state index < -0.39 is 0 Å². The lowest BCUT2D eigenvalue weighted by Gasteiger charge is -2.30. The van der Waals surface area contributed by atoms with Gasteiger partial charge in [-0.05, 0) is 68.6 Å². The number of amides is 2. The molecule has 2 aromatic heterocycles. The van der Waals surface area contributed by atoms with Gasteiger partial charge in [-0.2, -0.15) is 10.1 Å². The van der Waals surface area contributed by atoms with Gasteiger partial charge in [-0.25, -0.2) is 9.78 Å². The van der Waals surface area contributed by atoms with Gasteiger partial charge in [-0.1, -0.05) is 12.8 Å². The summed E-state index contributed by atoms with van der Waals surface area (Å²) >= 11 is 0. The summed E-state index contributed by atoms with van der Waals surface area (Å²) in [5.74, 6) is 2.64. The molecule has 3 aliphatic rings. The van der Waals surface area contributed by atoms with Crippen LogP contribution in [0.2, 0.25) is 0 Å². The first kappa shape index (κ1) is 24.9. The standard InChI is InChI=1S/C26H36N10O/c27-14-17-11-21(12-18(17)15-28)32-26(37)31-20-7-5-19(6-8-20)30-25-29-10-9-23(34-25)33-24-13-22(35-36-24)16-3-1-2-4-16/h9-10,13-16,19-21,27-28H,1-8,11-12H2,(H2,31,32,37)(H3,29,30,33,34,35,36). The number of anilines is 3. The van der Waals surface area contributed by atoms with Crippen LogP contribution >= 0.6 is 0 Å². The maximum atomic E-state index is 12.5. The third-order valence-corrected chi connectivity index (χ3v) is 7.73. The fourth-order valence-corrected chi connectivity index (χ4v) is 5.72. The van der Waals surface area contributed by atoms with E-state index in [1.165, 1.54) is 43.8 Å². The van der Waals surface area contributed by atoms with Crippen LogP contribution in [0.25, 0.3) is 0 Å². The van der Waals surface area contributed by atoms with Crippen molar-refractivity contribution in [3.63, 3.8) is 0 Å².